The van der Waals surface area contributed by atoms with Crippen LogP contribution in [0.15, 0.2) is 29.4 Å². The molecule has 0 heterocycles. The number of halogens is 3. The Kier molecular flexibility index (Phi) is 5.18. The summed E-state index contributed by atoms with van der Waals surface area (Å²) < 4.78 is 42.4. The molecule has 0 saturated carbocycles. The first kappa shape index (κ1) is 15.6. The van der Waals surface area contributed by atoms with Crippen LogP contribution in [0.1, 0.15) is 5.56 Å². The molecule has 110 valence electrons. The second kappa shape index (κ2) is 6.64. The summed E-state index contributed by atoms with van der Waals surface area (Å²) in [7, 11) is 0. The fourth-order valence-electron chi connectivity index (χ4n) is 1.31. The van der Waals surface area contributed by atoms with Gasteiger partial charge in [0, 0.05) is 5.56 Å². The number of hydrogen-bond acceptors (Lipinski definition) is 4. The number of ether oxygens (including phenoxy) is 1. The lowest BCUT2D eigenvalue weighted by molar-refractivity contribution is -0.0601. The maximum atomic E-state index is 12.4. The summed E-state index contributed by atoms with van der Waals surface area (Å²) in [5.41, 5.74) is -1.72. The third kappa shape index (κ3) is 4.67. The SMILES string of the molecule is O=C(O)NCCOc1ccc(/C(=N/O)C(F)(F)F)cc1. The highest BCUT2D eigenvalue weighted by atomic mass is 19.4. The van der Waals surface area contributed by atoms with Gasteiger partial charge in [0.05, 0.1) is 6.54 Å². The second-order valence-corrected chi connectivity index (χ2v) is 3.55. The third-order valence-corrected chi connectivity index (χ3v) is 2.14. The van der Waals surface area contributed by atoms with E-state index in [2.05, 4.69) is 10.5 Å². The molecule has 1 aromatic carbocycles. The van der Waals surface area contributed by atoms with Gasteiger partial charge in [0.1, 0.15) is 12.4 Å². The van der Waals surface area contributed by atoms with Crippen molar-refractivity contribution in [2.24, 2.45) is 5.16 Å². The summed E-state index contributed by atoms with van der Waals surface area (Å²) in [5, 5.41) is 21.0. The Labute approximate surface area is 111 Å². The summed E-state index contributed by atoms with van der Waals surface area (Å²) in [6, 6.07) is 4.69. The monoisotopic (exact) mass is 292 g/mol. The molecule has 0 aliphatic heterocycles. The van der Waals surface area contributed by atoms with Crippen LogP contribution in [0.25, 0.3) is 0 Å². The molecule has 0 radical (unpaired) electrons. The van der Waals surface area contributed by atoms with Crippen molar-refractivity contribution in [3.05, 3.63) is 29.8 Å². The molecule has 1 aromatic rings. The molecule has 6 nitrogen and oxygen atoms in total. The highest BCUT2D eigenvalue weighted by molar-refractivity contribution is 6.04. The molecule has 1 rings (SSSR count). The van der Waals surface area contributed by atoms with Gasteiger partial charge in [0.2, 0.25) is 0 Å². The predicted molar refractivity (Wildman–Crippen MR) is 62.3 cm³/mol. The Hall–Kier alpha value is -2.45. The first-order valence-corrected chi connectivity index (χ1v) is 5.34. The van der Waals surface area contributed by atoms with Crippen molar-refractivity contribution in [1.29, 1.82) is 0 Å². The Morgan fingerprint density at radius 2 is 1.90 bits per heavy atom. The summed E-state index contributed by atoms with van der Waals surface area (Å²) >= 11 is 0. The quantitative estimate of drug-likeness (QED) is 0.335. The molecular formula is C11H11F3N2O4. The molecule has 9 heteroatoms. The number of hydrogen-bond donors (Lipinski definition) is 3. The van der Waals surface area contributed by atoms with Crippen LogP contribution in [-0.4, -0.2) is 41.4 Å². The fraction of sp³-hybridized carbons (Fsp3) is 0.273. The molecule has 3 N–H and O–H groups in total. The molecule has 0 aliphatic rings. The van der Waals surface area contributed by atoms with E-state index in [1.807, 2.05) is 0 Å². The molecule has 0 aromatic heterocycles. The normalized spacial score (nSPS) is 12.1. The average Bonchev–Trinajstić information content (AvgIpc) is 2.35. The average molecular weight is 292 g/mol. The summed E-state index contributed by atoms with van der Waals surface area (Å²) in [4.78, 5) is 10.1. The number of carboxylic acid groups (broad SMARTS) is 1. The van der Waals surface area contributed by atoms with Crippen LogP contribution in [0.4, 0.5) is 18.0 Å². The van der Waals surface area contributed by atoms with E-state index < -0.39 is 18.0 Å². The number of nitrogens with zero attached hydrogens (tertiary/aromatic N) is 1. The lowest BCUT2D eigenvalue weighted by atomic mass is 10.1. The van der Waals surface area contributed by atoms with Crippen LogP contribution in [-0.2, 0) is 0 Å². The van der Waals surface area contributed by atoms with E-state index in [4.69, 9.17) is 15.1 Å². The summed E-state index contributed by atoms with van der Waals surface area (Å²) in [5.74, 6) is 0.264. The zero-order valence-corrected chi connectivity index (χ0v) is 10.0. The van der Waals surface area contributed by atoms with Crippen LogP contribution in [0, 0.1) is 0 Å². The first-order chi connectivity index (χ1) is 9.34. The van der Waals surface area contributed by atoms with Gasteiger partial charge in [-0.1, -0.05) is 5.16 Å². The van der Waals surface area contributed by atoms with Crippen molar-refractivity contribution in [2.75, 3.05) is 13.2 Å². The van der Waals surface area contributed by atoms with Gasteiger partial charge in [-0.05, 0) is 24.3 Å². The fourth-order valence-corrected chi connectivity index (χ4v) is 1.31. The minimum atomic E-state index is -4.76. The van der Waals surface area contributed by atoms with Gasteiger partial charge in [-0.15, -0.1) is 0 Å². The van der Waals surface area contributed by atoms with Crippen LogP contribution in [0.5, 0.6) is 5.75 Å². The van der Waals surface area contributed by atoms with Crippen molar-refractivity contribution in [3.63, 3.8) is 0 Å². The standard InChI is InChI=1S/C11H11F3N2O4/c12-11(13,14)9(16-19)7-1-3-8(4-2-7)20-6-5-15-10(17)18/h1-4,15,19H,5-6H2,(H,17,18)/b16-9-. The number of amides is 1. The minimum absolute atomic E-state index is 0.0336. The van der Waals surface area contributed by atoms with Gasteiger partial charge in [-0.25, -0.2) is 4.79 Å². The molecule has 0 saturated heterocycles. The van der Waals surface area contributed by atoms with E-state index >= 15 is 0 Å². The predicted octanol–water partition coefficient (Wildman–Crippen LogP) is 2.07. The van der Waals surface area contributed by atoms with Crippen molar-refractivity contribution < 1.29 is 33.0 Å². The largest absolute Gasteiger partial charge is 0.492 e. The van der Waals surface area contributed by atoms with Crippen LogP contribution in [0.2, 0.25) is 0 Å². The molecule has 0 spiro atoms. The third-order valence-electron chi connectivity index (χ3n) is 2.14. The number of alkyl halides is 3. The zero-order valence-electron chi connectivity index (χ0n) is 10.0. The van der Waals surface area contributed by atoms with Crippen LogP contribution < -0.4 is 10.1 Å². The van der Waals surface area contributed by atoms with Gasteiger partial charge < -0.3 is 20.4 Å². The van der Waals surface area contributed by atoms with Gasteiger partial charge >= 0.3 is 12.3 Å². The Balaban J connectivity index is 2.63. The molecular weight excluding hydrogens is 281 g/mol. The van der Waals surface area contributed by atoms with Gasteiger partial charge in [-0.3, -0.25) is 0 Å². The van der Waals surface area contributed by atoms with Crippen LogP contribution in [0.3, 0.4) is 0 Å². The first-order valence-electron chi connectivity index (χ1n) is 5.34. The topological polar surface area (TPSA) is 91.2 Å². The van der Waals surface area contributed by atoms with E-state index in [1.165, 1.54) is 12.1 Å². The molecule has 0 atom stereocenters. The van der Waals surface area contributed by atoms with Crippen molar-refractivity contribution in [3.8, 4) is 5.75 Å². The number of carbonyl (C=O) groups is 1. The van der Waals surface area contributed by atoms with E-state index in [0.29, 0.717) is 0 Å². The zero-order chi connectivity index (χ0) is 15.2. The number of nitrogens with one attached hydrogen (secondary N) is 1. The molecule has 20 heavy (non-hydrogen) atoms. The Morgan fingerprint density at radius 3 is 2.35 bits per heavy atom. The van der Waals surface area contributed by atoms with Crippen LogP contribution >= 0.6 is 0 Å². The highest BCUT2D eigenvalue weighted by Crippen LogP contribution is 2.23. The number of rotatable bonds is 5. The molecule has 0 aliphatic carbocycles. The Bertz CT molecular complexity index is 485. The maximum Gasteiger partial charge on any atom is 0.437 e. The lowest BCUT2D eigenvalue weighted by Gasteiger charge is -2.10. The molecule has 0 fully saturated rings. The Morgan fingerprint density at radius 1 is 1.30 bits per heavy atom. The minimum Gasteiger partial charge on any atom is -0.492 e. The number of oxime groups is 1. The highest BCUT2D eigenvalue weighted by Gasteiger charge is 2.37. The summed E-state index contributed by atoms with van der Waals surface area (Å²) in [6.07, 6.45) is -5.96. The van der Waals surface area contributed by atoms with Gasteiger partial charge in [0.25, 0.3) is 0 Å². The van der Waals surface area contributed by atoms with E-state index in [0.717, 1.165) is 12.1 Å². The number of benzene rings is 1. The van der Waals surface area contributed by atoms with Crippen molar-refractivity contribution >= 4 is 11.8 Å². The molecule has 0 unspecified atom stereocenters. The lowest BCUT2D eigenvalue weighted by Crippen LogP contribution is -2.26. The van der Waals surface area contributed by atoms with E-state index in [-0.39, 0.29) is 24.5 Å². The molecule has 1 amide bonds. The second-order valence-electron chi connectivity index (χ2n) is 3.55. The van der Waals surface area contributed by atoms with Gasteiger partial charge in [0.15, 0.2) is 5.71 Å². The summed E-state index contributed by atoms with van der Waals surface area (Å²) in [6.45, 7) is 0.0782. The van der Waals surface area contributed by atoms with Gasteiger partial charge in [-0.2, -0.15) is 13.2 Å². The van der Waals surface area contributed by atoms with E-state index in [9.17, 15) is 18.0 Å². The van der Waals surface area contributed by atoms with Crippen molar-refractivity contribution in [2.45, 2.75) is 6.18 Å². The smallest absolute Gasteiger partial charge is 0.437 e. The van der Waals surface area contributed by atoms with E-state index in [1.54, 1.807) is 0 Å². The molecule has 0 bridgehead atoms. The van der Waals surface area contributed by atoms with Crippen molar-refractivity contribution in [1.82, 2.24) is 5.32 Å². The maximum absolute atomic E-state index is 12.4.